The number of hydrogen-bond acceptors (Lipinski definition) is 3. The van der Waals surface area contributed by atoms with Crippen molar-refractivity contribution in [2.24, 2.45) is 0 Å². The summed E-state index contributed by atoms with van der Waals surface area (Å²) in [5, 5.41) is 12.6. The number of carbonyl (C=O) groups is 1. The molecule has 5 nitrogen and oxygen atoms in total. The molecule has 2 N–H and O–H groups in total. The molecular formula is C24H32N2O3. The van der Waals surface area contributed by atoms with Gasteiger partial charge in [0.25, 0.3) is 5.56 Å². The summed E-state index contributed by atoms with van der Waals surface area (Å²) in [6, 6.07) is 9.04. The van der Waals surface area contributed by atoms with Crippen LogP contribution in [-0.4, -0.2) is 22.2 Å². The first-order valence-electron chi connectivity index (χ1n) is 10.8. The Hall–Kier alpha value is -2.40. The number of aromatic carboxylic acids is 1. The molecule has 3 rings (SSSR count). The smallest absolute Gasteiger partial charge is 0.335 e. The van der Waals surface area contributed by atoms with Gasteiger partial charge in [-0.15, -0.1) is 0 Å². The summed E-state index contributed by atoms with van der Waals surface area (Å²) in [6.07, 6.45) is 6.69. The zero-order valence-corrected chi connectivity index (χ0v) is 17.5. The van der Waals surface area contributed by atoms with E-state index in [1.165, 1.54) is 31.2 Å². The van der Waals surface area contributed by atoms with Crippen LogP contribution in [0.1, 0.15) is 77.7 Å². The number of nitrogens with one attached hydrogen (secondary N) is 1. The number of aryl methyl sites for hydroxylation is 2. The van der Waals surface area contributed by atoms with Crippen molar-refractivity contribution in [2.45, 2.75) is 71.4 Å². The van der Waals surface area contributed by atoms with Crippen molar-refractivity contribution in [3.8, 4) is 0 Å². The van der Waals surface area contributed by atoms with Gasteiger partial charge in [0.1, 0.15) is 0 Å². The monoisotopic (exact) mass is 396 g/mol. The number of unbranched alkanes of at least 4 members (excludes halogenated alkanes) is 2. The summed E-state index contributed by atoms with van der Waals surface area (Å²) >= 11 is 0. The minimum absolute atomic E-state index is 0.0851. The fraction of sp³-hybridized carbons (Fsp3) is 0.500. The lowest BCUT2D eigenvalue weighted by atomic mass is 10.0. The van der Waals surface area contributed by atoms with Gasteiger partial charge in [0.2, 0.25) is 0 Å². The molecule has 156 valence electrons. The molecule has 1 saturated carbocycles. The van der Waals surface area contributed by atoms with Crippen LogP contribution in [0.4, 0.5) is 0 Å². The van der Waals surface area contributed by atoms with Crippen LogP contribution in [0.25, 0.3) is 0 Å². The average Bonchev–Trinajstić information content (AvgIpc) is 3.55. The minimum atomic E-state index is -0.919. The predicted molar refractivity (Wildman–Crippen MR) is 116 cm³/mol. The molecule has 1 aliphatic rings. The third kappa shape index (κ3) is 5.57. The number of nitrogens with zero attached hydrogens (tertiary/aromatic N) is 1. The van der Waals surface area contributed by atoms with Crippen LogP contribution in [0.2, 0.25) is 0 Å². The number of rotatable bonds is 11. The SMILES string of the molecule is CCCCCNCc1c(C2CC2)cc(C)c(=O)n1CCc1ccc(C(=O)O)cc1. The first-order valence-corrected chi connectivity index (χ1v) is 10.8. The van der Waals surface area contributed by atoms with Gasteiger partial charge in [-0.05, 0) is 74.4 Å². The molecular weight excluding hydrogens is 364 g/mol. The fourth-order valence-corrected chi connectivity index (χ4v) is 3.81. The molecule has 1 aromatic carbocycles. The third-order valence-electron chi connectivity index (χ3n) is 5.71. The summed E-state index contributed by atoms with van der Waals surface area (Å²) in [5.41, 5.74) is 4.67. The highest BCUT2D eigenvalue weighted by molar-refractivity contribution is 5.87. The van der Waals surface area contributed by atoms with Crippen LogP contribution in [0.3, 0.4) is 0 Å². The summed E-state index contributed by atoms with van der Waals surface area (Å²) < 4.78 is 1.95. The molecule has 0 atom stereocenters. The largest absolute Gasteiger partial charge is 0.478 e. The van der Waals surface area contributed by atoms with Crippen molar-refractivity contribution in [2.75, 3.05) is 6.54 Å². The van der Waals surface area contributed by atoms with Crippen molar-refractivity contribution >= 4 is 5.97 Å². The number of benzene rings is 1. The zero-order valence-electron chi connectivity index (χ0n) is 17.5. The van der Waals surface area contributed by atoms with Gasteiger partial charge in [-0.1, -0.05) is 31.9 Å². The van der Waals surface area contributed by atoms with Crippen LogP contribution in [0, 0.1) is 6.92 Å². The Balaban J connectivity index is 1.79. The number of pyridine rings is 1. The fourth-order valence-electron chi connectivity index (χ4n) is 3.81. The van der Waals surface area contributed by atoms with E-state index < -0.39 is 5.97 Å². The van der Waals surface area contributed by atoms with E-state index in [4.69, 9.17) is 5.11 Å². The first-order chi connectivity index (χ1) is 14.0. The van der Waals surface area contributed by atoms with Crippen molar-refractivity contribution < 1.29 is 9.90 Å². The standard InChI is InChI=1S/C24H32N2O3/c1-3-4-5-13-25-16-22-21(19-10-11-19)15-17(2)23(27)26(22)14-12-18-6-8-20(9-7-18)24(28)29/h6-9,15,19,25H,3-5,10-14,16H2,1-2H3,(H,28,29). The van der Waals surface area contributed by atoms with Crippen molar-refractivity contribution in [1.82, 2.24) is 9.88 Å². The molecule has 0 aliphatic heterocycles. The summed E-state index contributed by atoms with van der Waals surface area (Å²) in [5.74, 6) is -0.334. The lowest BCUT2D eigenvalue weighted by Gasteiger charge is -2.19. The average molecular weight is 397 g/mol. The van der Waals surface area contributed by atoms with E-state index in [0.29, 0.717) is 18.9 Å². The van der Waals surface area contributed by atoms with Crippen molar-refractivity contribution in [3.63, 3.8) is 0 Å². The van der Waals surface area contributed by atoms with Gasteiger partial charge in [0.05, 0.1) is 5.56 Å². The maximum atomic E-state index is 12.9. The Morgan fingerprint density at radius 2 is 1.93 bits per heavy atom. The Morgan fingerprint density at radius 3 is 2.55 bits per heavy atom. The minimum Gasteiger partial charge on any atom is -0.478 e. The van der Waals surface area contributed by atoms with Gasteiger partial charge in [-0.25, -0.2) is 4.79 Å². The van der Waals surface area contributed by atoms with Crippen LogP contribution >= 0.6 is 0 Å². The quantitative estimate of drug-likeness (QED) is 0.557. The highest BCUT2D eigenvalue weighted by Crippen LogP contribution is 2.41. The Labute approximate surface area is 172 Å². The molecule has 29 heavy (non-hydrogen) atoms. The van der Waals surface area contributed by atoms with Crippen LogP contribution in [0.5, 0.6) is 0 Å². The first kappa shape index (κ1) is 21.3. The van der Waals surface area contributed by atoms with Gasteiger partial charge in [0, 0.05) is 24.3 Å². The predicted octanol–water partition coefficient (Wildman–Crippen LogP) is 4.25. The number of carboxylic acids is 1. The summed E-state index contributed by atoms with van der Waals surface area (Å²) in [4.78, 5) is 24.0. The van der Waals surface area contributed by atoms with Gasteiger partial charge in [-0.2, -0.15) is 0 Å². The molecule has 0 saturated heterocycles. The molecule has 1 fully saturated rings. The molecule has 0 spiro atoms. The molecule has 0 unspecified atom stereocenters. The second kappa shape index (κ2) is 9.88. The molecule has 1 heterocycles. The Bertz CT molecular complexity index is 896. The molecule has 2 aromatic rings. The molecule has 1 aliphatic carbocycles. The molecule has 5 heteroatoms. The van der Waals surface area contributed by atoms with E-state index in [1.807, 2.05) is 23.6 Å². The van der Waals surface area contributed by atoms with Crippen molar-refractivity contribution in [1.29, 1.82) is 0 Å². The normalized spacial score (nSPS) is 13.6. The number of carboxylic acid groups (broad SMARTS) is 1. The van der Waals surface area contributed by atoms with Gasteiger partial charge in [0.15, 0.2) is 0 Å². The Kier molecular flexibility index (Phi) is 7.26. The zero-order chi connectivity index (χ0) is 20.8. The van der Waals surface area contributed by atoms with Gasteiger partial charge in [-0.3, -0.25) is 4.79 Å². The summed E-state index contributed by atoms with van der Waals surface area (Å²) in [7, 11) is 0. The van der Waals surface area contributed by atoms with E-state index >= 15 is 0 Å². The van der Waals surface area contributed by atoms with Crippen LogP contribution < -0.4 is 10.9 Å². The van der Waals surface area contributed by atoms with E-state index in [1.54, 1.807) is 12.1 Å². The summed E-state index contributed by atoms with van der Waals surface area (Å²) in [6.45, 7) is 6.41. The number of hydrogen-bond donors (Lipinski definition) is 2. The van der Waals surface area contributed by atoms with Crippen LogP contribution in [-0.2, 0) is 19.5 Å². The van der Waals surface area contributed by atoms with E-state index in [0.717, 1.165) is 36.3 Å². The van der Waals surface area contributed by atoms with E-state index in [2.05, 4.69) is 18.3 Å². The maximum Gasteiger partial charge on any atom is 0.335 e. The second-order valence-corrected chi connectivity index (χ2v) is 8.10. The maximum absolute atomic E-state index is 12.9. The lowest BCUT2D eigenvalue weighted by Crippen LogP contribution is -2.31. The highest BCUT2D eigenvalue weighted by atomic mass is 16.4. The Morgan fingerprint density at radius 1 is 1.21 bits per heavy atom. The van der Waals surface area contributed by atoms with E-state index in [-0.39, 0.29) is 11.1 Å². The molecule has 0 amide bonds. The highest BCUT2D eigenvalue weighted by Gasteiger charge is 2.28. The van der Waals surface area contributed by atoms with Gasteiger partial charge >= 0.3 is 5.97 Å². The molecule has 0 radical (unpaired) electrons. The van der Waals surface area contributed by atoms with Crippen molar-refractivity contribution in [3.05, 3.63) is 68.6 Å². The van der Waals surface area contributed by atoms with Gasteiger partial charge < -0.3 is 15.0 Å². The topological polar surface area (TPSA) is 71.3 Å². The molecule has 0 bridgehead atoms. The van der Waals surface area contributed by atoms with Crippen LogP contribution in [0.15, 0.2) is 35.1 Å². The molecule has 1 aromatic heterocycles. The van der Waals surface area contributed by atoms with E-state index in [9.17, 15) is 9.59 Å². The number of aromatic nitrogens is 1. The third-order valence-corrected chi connectivity index (χ3v) is 5.71. The second-order valence-electron chi connectivity index (χ2n) is 8.10. The lowest BCUT2D eigenvalue weighted by molar-refractivity contribution is 0.0697.